The van der Waals surface area contributed by atoms with Crippen LogP contribution in [0.3, 0.4) is 0 Å². The number of nitrogens with one attached hydrogen (secondary N) is 2. The Morgan fingerprint density at radius 1 is 1.40 bits per heavy atom. The van der Waals surface area contributed by atoms with Gasteiger partial charge in [-0.05, 0) is 31.5 Å². The normalized spacial score (nSPS) is 13.2. The molecule has 1 atom stereocenters. The Kier molecular flexibility index (Phi) is 5.46. The fraction of sp³-hybridized carbons (Fsp3) is 0.500. The molecule has 1 rings (SSSR count). The van der Waals surface area contributed by atoms with Crippen molar-refractivity contribution in [3.05, 3.63) is 18.3 Å². The van der Waals surface area contributed by atoms with Gasteiger partial charge in [0, 0.05) is 6.20 Å². The summed E-state index contributed by atoms with van der Waals surface area (Å²) in [7, 11) is -2.23. The maximum atomic E-state index is 11.5. The molecule has 1 heterocycles. The molecule has 0 fully saturated rings. The van der Waals surface area contributed by atoms with Crippen molar-refractivity contribution in [3.8, 4) is 0 Å². The van der Waals surface area contributed by atoms with E-state index in [4.69, 9.17) is 5.11 Å². The molecule has 1 aromatic heterocycles. The zero-order valence-corrected chi connectivity index (χ0v) is 12.4. The number of carboxylic acids is 1. The molecule has 0 aliphatic carbocycles. The summed E-state index contributed by atoms with van der Waals surface area (Å²) in [5, 5.41) is 11.9. The molecule has 0 aliphatic heterocycles. The lowest BCUT2D eigenvalue weighted by Gasteiger charge is -2.17. The van der Waals surface area contributed by atoms with E-state index in [0.29, 0.717) is 12.2 Å². The van der Waals surface area contributed by atoms with Gasteiger partial charge in [-0.1, -0.05) is 13.8 Å². The van der Waals surface area contributed by atoms with Crippen LogP contribution in [0.2, 0.25) is 0 Å². The van der Waals surface area contributed by atoms with Crippen molar-refractivity contribution < 1.29 is 18.3 Å². The summed E-state index contributed by atoms with van der Waals surface area (Å²) in [6, 6.07) is 2.06. The van der Waals surface area contributed by atoms with Crippen LogP contribution in [0.1, 0.15) is 20.3 Å². The maximum Gasteiger partial charge on any atom is 0.326 e. The molecule has 0 aliphatic rings. The minimum atomic E-state index is -3.54. The molecule has 0 unspecified atom stereocenters. The summed E-state index contributed by atoms with van der Waals surface area (Å²) >= 11 is 0. The highest BCUT2D eigenvalue weighted by Gasteiger charge is 2.19. The van der Waals surface area contributed by atoms with Crippen LogP contribution in [0, 0.1) is 5.92 Å². The highest BCUT2D eigenvalue weighted by molar-refractivity contribution is 7.89. The van der Waals surface area contributed by atoms with Gasteiger partial charge >= 0.3 is 5.97 Å². The number of aromatic nitrogens is 1. The van der Waals surface area contributed by atoms with Gasteiger partial charge in [-0.15, -0.1) is 0 Å². The van der Waals surface area contributed by atoms with Crippen LogP contribution in [0.4, 0.5) is 5.82 Å². The summed E-state index contributed by atoms with van der Waals surface area (Å²) in [4.78, 5) is 15.1. The van der Waals surface area contributed by atoms with E-state index in [1.54, 1.807) is 0 Å². The van der Waals surface area contributed by atoms with Gasteiger partial charge in [0.25, 0.3) is 0 Å². The minimum Gasteiger partial charge on any atom is -0.480 e. The third-order valence-corrected chi connectivity index (χ3v) is 4.04. The topological polar surface area (TPSA) is 108 Å². The molecule has 0 bridgehead atoms. The number of aliphatic carboxylic acids is 1. The van der Waals surface area contributed by atoms with Crippen molar-refractivity contribution >= 4 is 21.8 Å². The number of anilines is 1. The third-order valence-electron chi connectivity index (χ3n) is 2.64. The van der Waals surface area contributed by atoms with Gasteiger partial charge in [-0.3, -0.25) is 0 Å². The van der Waals surface area contributed by atoms with E-state index in [1.165, 1.54) is 25.4 Å². The first-order chi connectivity index (χ1) is 9.26. The lowest BCUT2D eigenvalue weighted by atomic mass is 10.0. The molecule has 112 valence electrons. The first kappa shape index (κ1) is 16.4. The molecular formula is C12H19N3O4S. The second kappa shape index (κ2) is 6.67. The van der Waals surface area contributed by atoms with Crippen LogP contribution >= 0.6 is 0 Å². The monoisotopic (exact) mass is 301 g/mol. The third kappa shape index (κ3) is 4.46. The lowest BCUT2D eigenvalue weighted by Crippen LogP contribution is -2.31. The van der Waals surface area contributed by atoms with Crippen molar-refractivity contribution in [1.82, 2.24) is 9.71 Å². The Bertz CT molecular complexity index is 555. The predicted octanol–water partition coefficient (Wildman–Crippen LogP) is 0.901. The van der Waals surface area contributed by atoms with E-state index in [0.717, 1.165) is 0 Å². The average Bonchev–Trinajstić information content (AvgIpc) is 2.38. The van der Waals surface area contributed by atoms with Crippen molar-refractivity contribution in [2.75, 3.05) is 12.4 Å². The van der Waals surface area contributed by atoms with E-state index >= 15 is 0 Å². The number of sulfonamides is 1. The first-order valence-electron chi connectivity index (χ1n) is 6.15. The molecule has 7 nitrogen and oxygen atoms in total. The van der Waals surface area contributed by atoms with Crippen molar-refractivity contribution in [2.45, 2.75) is 31.2 Å². The molecule has 0 radical (unpaired) electrons. The number of hydrogen-bond donors (Lipinski definition) is 3. The highest BCUT2D eigenvalue weighted by atomic mass is 32.2. The molecule has 0 saturated carbocycles. The fourth-order valence-corrected chi connectivity index (χ4v) is 2.29. The Balaban J connectivity index is 2.86. The van der Waals surface area contributed by atoms with Crippen molar-refractivity contribution in [2.24, 2.45) is 5.92 Å². The van der Waals surface area contributed by atoms with Crippen molar-refractivity contribution in [1.29, 1.82) is 0 Å². The quantitative estimate of drug-likeness (QED) is 0.690. The molecule has 0 saturated heterocycles. The minimum absolute atomic E-state index is 0.0290. The van der Waals surface area contributed by atoms with Gasteiger partial charge in [0.15, 0.2) is 0 Å². The van der Waals surface area contributed by atoms with E-state index in [2.05, 4.69) is 15.0 Å². The van der Waals surface area contributed by atoms with Crippen LogP contribution < -0.4 is 10.0 Å². The number of rotatable bonds is 7. The van der Waals surface area contributed by atoms with Crippen LogP contribution in [0.5, 0.6) is 0 Å². The SMILES string of the molecule is CNS(=O)(=O)c1ccc(N[C@@H](CC(C)C)C(=O)O)nc1. The molecule has 1 aromatic rings. The molecular weight excluding hydrogens is 282 g/mol. The van der Waals surface area contributed by atoms with Crippen LogP contribution in [-0.2, 0) is 14.8 Å². The second-order valence-corrected chi connectivity index (χ2v) is 6.64. The first-order valence-corrected chi connectivity index (χ1v) is 7.63. The zero-order valence-electron chi connectivity index (χ0n) is 11.6. The highest BCUT2D eigenvalue weighted by Crippen LogP contribution is 2.14. The summed E-state index contributed by atoms with van der Waals surface area (Å²) in [6.07, 6.45) is 1.63. The van der Waals surface area contributed by atoms with Gasteiger partial charge in [-0.25, -0.2) is 22.9 Å². The summed E-state index contributed by atoms with van der Waals surface area (Å²) < 4.78 is 25.2. The van der Waals surface area contributed by atoms with Gasteiger partial charge in [-0.2, -0.15) is 0 Å². The van der Waals surface area contributed by atoms with E-state index in [1.807, 2.05) is 13.8 Å². The largest absolute Gasteiger partial charge is 0.480 e. The number of carboxylic acid groups (broad SMARTS) is 1. The summed E-state index contributed by atoms with van der Waals surface area (Å²) in [6.45, 7) is 3.85. The lowest BCUT2D eigenvalue weighted by molar-refractivity contribution is -0.138. The Hall–Kier alpha value is -1.67. The van der Waals surface area contributed by atoms with Gasteiger partial charge in [0.1, 0.15) is 16.8 Å². The molecule has 0 amide bonds. The molecule has 0 spiro atoms. The second-order valence-electron chi connectivity index (χ2n) is 4.75. The van der Waals surface area contributed by atoms with Crippen LogP contribution in [0.25, 0.3) is 0 Å². The zero-order chi connectivity index (χ0) is 15.3. The smallest absolute Gasteiger partial charge is 0.326 e. The fourth-order valence-electron chi connectivity index (χ4n) is 1.61. The number of hydrogen-bond acceptors (Lipinski definition) is 5. The van der Waals surface area contributed by atoms with Gasteiger partial charge in [0.2, 0.25) is 10.0 Å². The standard InChI is InChI=1S/C12H19N3O4S/c1-8(2)6-10(12(16)17)15-11-5-4-9(7-14-11)20(18,19)13-3/h4-5,7-8,10,13H,6H2,1-3H3,(H,14,15)(H,16,17)/t10-/m0/s1. The summed E-state index contributed by atoms with van der Waals surface area (Å²) in [5.74, 6) is -0.423. The molecule has 20 heavy (non-hydrogen) atoms. The van der Waals surface area contributed by atoms with E-state index in [9.17, 15) is 13.2 Å². The van der Waals surface area contributed by atoms with Crippen LogP contribution in [0.15, 0.2) is 23.2 Å². The number of carbonyl (C=O) groups is 1. The molecule has 3 N–H and O–H groups in total. The Morgan fingerprint density at radius 3 is 2.45 bits per heavy atom. The number of nitrogens with zero attached hydrogens (tertiary/aromatic N) is 1. The van der Waals surface area contributed by atoms with E-state index in [-0.39, 0.29) is 10.8 Å². The number of pyridine rings is 1. The van der Waals surface area contributed by atoms with Crippen molar-refractivity contribution in [3.63, 3.8) is 0 Å². The molecule has 8 heteroatoms. The average molecular weight is 301 g/mol. The Morgan fingerprint density at radius 2 is 2.05 bits per heavy atom. The van der Waals surface area contributed by atoms with Gasteiger partial charge < -0.3 is 10.4 Å². The van der Waals surface area contributed by atoms with Crippen LogP contribution in [-0.4, -0.2) is 37.6 Å². The van der Waals surface area contributed by atoms with E-state index < -0.39 is 22.0 Å². The predicted molar refractivity (Wildman–Crippen MR) is 75.0 cm³/mol. The molecule has 0 aromatic carbocycles. The van der Waals surface area contributed by atoms with Gasteiger partial charge in [0.05, 0.1) is 0 Å². The maximum absolute atomic E-state index is 11.5. The Labute approximate surface area is 118 Å². The summed E-state index contributed by atoms with van der Waals surface area (Å²) in [5.41, 5.74) is 0.